The van der Waals surface area contributed by atoms with E-state index in [0.29, 0.717) is 6.61 Å². The molecule has 0 N–H and O–H groups in total. The number of ether oxygens (including phenoxy) is 1. The van der Waals surface area contributed by atoms with Crippen LogP contribution in [-0.4, -0.2) is 18.5 Å². The molecule has 0 radical (unpaired) electrons. The fourth-order valence-corrected chi connectivity index (χ4v) is 2.49. The van der Waals surface area contributed by atoms with E-state index in [-0.39, 0.29) is 11.9 Å². The standard InChI is InChI=1S/C17H24O2/c1-12-7-8-13(2)16(11-12)17(18)14(3)19-10-9-15-5-4-6-15/h7-8,11,14-15H,4-6,9-10H2,1-3H3. The molecule has 0 amide bonds. The molecule has 0 saturated heterocycles. The molecule has 0 heterocycles. The van der Waals surface area contributed by atoms with E-state index in [1.54, 1.807) is 0 Å². The van der Waals surface area contributed by atoms with E-state index >= 15 is 0 Å². The van der Waals surface area contributed by atoms with E-state index in [2.05, 4.69) is 0 Å². The summed E-state index contributed by atoms with van der Waals surface area (Å²) in [5.41, 5.74) is 2.96. The zero-order valence-corrected chi connectivity index (χ0v) is 12.2. The van der Waals surface area contributed by atoms with Gasteiger partial charge in [0.1, 0.15) is 6.10 Å². The fraction of sp³-hybridized carbons (Fsp3) is 0.588. The van der Waals surface area contributed by atoms with Crippen LogP contribution in [-0.2, 0) is 4.74 Å². The first kappa shape index (κ1) is 14.3. The summed E-state index contributed by atoms with van der Waals surface area (Å²) in [7, 11) is 0. The van der Waals surface area contributed by atoms with Crippen LogP contribution in [0, 0.1) is 19.8 Å². The lowest BCUT2D eigenvalue weighted by atomic mass is 9.83. The van der Waals surface area contributed by atoms with Crippen LogP contribution < -0.4 is 0 Å². The Kier molecular flexibility index (Phi) is 4.76. The average Bonchev–Trinajstić information content (AvgIpc) is 2.34. The molecule has 104 valence electrons. The number of hydrogen-bond acceptors (Lipinski definition) is 2. The van der Waals surface area contributed by atoms with Crippen LogP contribution in [0.3, 0.4) is 0 Å². The molecule has 1 atom stereocenters. The summed E-state index contributed by atoms with van der Waals surface area (Å²) in [6.07, 6.45) is 4.80. The van der Waals surface area contributed by atoms with Gasteiger partial charge in [0.25, 0.3) is 0 Å². The van der Waals surface area contributed by atoms with Crippen molar-refractivity contribution in [3.63, 3.8) is 0 Å². The van der Waals surface area contributed by atoms with Crippen molar-refractivity contribution in [1.82, 2.24) is 0 Å². The Labute approximate surface area is 116 Å². The highest BCUT2D eigenvalue weighted by molar-refractivity contribution is 6.00. The maximum absolute atomic E-state index is 12.4. The third kappa shape index (κ3) is 3.66. The number of aryl methyl sites for hydroxylation is 2. The molecule has 1 aromatic rings. The van der Waals surface area contributed by atoms with Crippen LogP contribution in [0.25, 0.3) is 0 Å². The van der Waals surface area contributed by atoms with Gasteiger partial charge in [-0.3, -0.25) is 4.79 Å². The largest absolute Gasteiger partial charge is 0.370 e. The quantitative estimate of drug-likeness (QED) is 0.720. The van der Waals surface area contributed by atoms with Crippen molar-refractivity contribution >= 4 is 5.78 Å². The molecule has 19 heavy (non-hydrogen) atoms. The predicted molar refractivity (Wildman–Crippen MR) is 77.6 cm³/mol. The minimum Gasteiger partial charge on any atom is -0.370 e. The molecule has 1 fully saturated rings. The van der Waals surface area contributed by atoms with E-state index in [4.69, 9.17) is 4.74 Å². The van der Waals surface area contributed by atoms with Crippen molar-refractivity contribution in [2.24, 2.45) is 5.92 Å². The molecule has 0 bridgehead atoms. The molecule has 2 heteroatoms. The van der Waals surface area contributed by atoms with Crippen LogP contribution in [0.2, 0.25) is 0 Å². The van der Waals surface area contributed by atoms with Gasteiger partial charge in [0.05, 0.1) is 0 Å². The predicted octanol–water partition coefficient (Wildman–Crippen LogP) is 4.08. The molecule has 0 spiro atoms. The zero-order chi connectivity index (χ0) is 13.8. The Bertz CT molecular complexity index is 447. The zero-order valence-electron chi connectivity index (χ0n) is 12.2. The SMILES string of the molecule is Cc1ccc(C)c(C(=O)C(C)OCCC2CCC2)c1. The van der Waals surface area contributed by atoms with Crippen molar-refractivity contribution in [3.8, 4) is 0 Å². The maximum atomic E-state index is 12.4. The second kappa shape index (κ2) is 6.33. The van der Waals surface area contributed by atoms with E-state index in [0.717, 1.165) is 29.0 Å². The first-order valence-corrected chi connectivity index (χ1v) is 7.31. The fourth-order valence-electron chi connectivity index (χ4n) is 2.49. The molecule has 1 aromatic carbocycles. The smallest absolute Gasteiger partial charge is 0.191 e. The number of benzene rings is 1. The lowest BCUT2D eigenvalue weighted by Crippen LogP contribution is -2.24. The number of rotatable bonds is 6. The molecule has 2 rings (SSSR count). The van der Waals surface area contributed by atoms with Gasteiger partial charge in [-0.05, 0) is 44.7 Å². The van der Waals surface area contributed by atoms with Crippen LogP contribution >= 0.6 is 0 Å². The first-order chi connectivity index (χ1) is 9.08. The Morgan fingerprint density at radius 2 is 2.11 bits per heavy atom. The number of ketones is 1. The van der Waals surface area contributed by atoms with Gasteiger partial charge >= 0.3 is 0 Å². The Morgan fingerprint density at radius 3 is 2.74 bits per heavy atom. The topological polar surface area (TPSA) is 26.3 Å². The Morgan fingerprint density at radius 1 is 1.37 bits per heavy atom. The normalized spacial score (nSPS) is 17.0. The number of hydrogen-bond donors (Lipinski definition) is 0. The summed E-state index contributed by atoms with van der Waals surface area (Å²) >= 11 is 0. The van der Waals surface area contributed by atoms with Crippen molar-refractivity contribution in [2.75, 3.05) is 6.61 Å². The summed E-state index contributed by atoms with van der Waals surface area (Å²) in [6.45, 7) is 6.57. The summed E-state index contributed by atoms with van der Waals surface area (Å²) in [6, 6.07) is 6.00. The molecule has 1 saturated carbocycles. The second-order valence-corrected chi connectivity index (χ2v) is 5.78. The molecule has 2 nitrogen and oxygen atoms in total. The molecule has 0 aliphatic heterocycles. The van der Waals surface area contributed by atoms with Crippen LogP contribution in [0.5, 0.6) is 0 Å². The van der Waals surface area contributed by atoms with Gasteiger partial charge in [-0.2, -0.15) is 0 Å². The van der Waals surface area contributed by atoms with E-state index in [1.165, 1.54) is 19.3 Å². The van der Waals surface area contributed by atoms with Crippen LogP contribution in [0.4, 0.5) is 0 Å². The monoisotopic (exact) mass is 260 g/mol. The Balaban J connectivity index is 1.88. The first-order valence-electron chi connectivity index (χ1n) is 7.31. The van der Waals surface area contributed by atoms with Crippen molar-refractivity contribution in [3.05, 3.63) is 34.9 Å². The molecule has 0 aromatic heterocycles. The van der Waals surface area contributed by atoms with Crippen LogP contribution in [0.1, 0.15) is 54.1 Å². The van der Waals surface area contributed by atoms with Gasteiger partial charge < -0.3 is 4.74 Å². The summed E-state index contributed by atoms with van der Waals surface area (Å²) in [5.74, 6) is 0.942. The summed E-state index contributed by atoms with van der Waals surface area (Å²) < 4.78 is 5.71. The highest BCUT2D eigenvalue weighted by atomic mass is 16.5. The summed E-state index contributed by atoms with van der Waals surface area (Å²) in [4.78, 5) is 12.4. The van der Waals surface area contributed by atoms with Gasteiger partial charge in [-0.25, -0.2) is 0 Å². The summed E-state index contributed by atoms with van der Waals surface area (Å²) in [5, 5.41) is 0. The number of Topliss-reactive ketones (excluding diaryl/α,β-unsaturated/α-hetero) is 1. The Hall–Kier alpha value is -1.15. The third-order valence-electron chi connectivity index (χ3n) is 4.15. The minimum atomic E-state index is -0.333. The molecular formula is C17H24O2. The van der Waals surface area contributed by atoms with Gasteiger partial charge in [0.2, 0.25) is 0 Å². The highest BCUT2D eigenvalue weighted by Gasteiger charge is 2.20. The van der Waals surface area contributed by atoms with E-state index < -0.39 is 0 Å². The molecule has 1 aliphatic rings. The average molecular weight is 260 g/mol. The lowest BCUT2D eigenvalue weighted by molar-refractivity contribution is 0.0395. The minimum absolute atomic E-state index is 0.106. The van der Waals surface area contributed by atoms with Gasteiger partial charge in [-0.15, -0.1) is 0 Å². The van der Waals surface area contributed by atoms with Gasteiger partial charge in [0, 0.05) is 12.2 Å². The van der Waals surface area contributed by atoms with Crippen molar-refractivity contribution in [2.45, 2.75) is 52.6 Å². The van der Waals surface area contributed by atoms with Crippen LogP contribution in [0.15, 0.2) is 18.2 Å². The molecule has 1 unspecified atom stereocenters. The highest BCUT2D eigenvalue weighted by Crippen LogP contribution is 2.29. The second-order valence-electron chi connectivity index (χ2n) is 5.78. The maximum Gasteiger partial charge on any atom is 0.191 e. The molecular weight excluding hydrogens is 236 g/mol. The van der Waals surface area contributed by atoms with E-state index in [9.17, 15) is 4.79 Å². The van der Waals surface area contributed by atoms with Crippen molar-refractivity contribution < 1.29 is 9.53 Å². The molecule has 1 aliphatic carbocycles. The van der Waals surface area contributed by atoms with Gasteiger partial charge in [-0.1, -0.05) is 37.0 Å². The number of carbonyl (C=O) groups excluding carboxylic acids is 1. The van der Waals surface area contributed by atoms with Crippen molar-refractivity contribution in [1.29, 1.82) is 0 Å². The lowest BCUT2D eigenvalue weighted by Gasteiger charge is -2.25. The van der Waals surface area contributed by atoms with E-state index in [1.807, 2.05) is 39.0 Å². The van der Waals surface area contributed by atoms with Gasteiger partial charge in [0.15, 0.2) is 5.78 Å². The third-order valence-corrected chi connectivity index (χ3v) is 4.15. The number of carbonyl (C=O) groups is 1.